The Morgan fingerprint density at radius 3 is 3.25 bits per heavy atom. The van der Waals surface area contributed by atoms with Crippen LogP contribution in [0.15, 0.2) is 0 Å². The molecule has 0 radical (unpaired) electrons. The summed E-state index contributed by atoms with van der Waals surface area (Å²) in [4.78, 5) is 4.09. The highest BCUT2D eigenvalue weighted by Crippen LogP contribution is 2.14. The van der Waals surface area contributed by atoms with Gasteiger partial charge in [0.25, 0.3) is 12.6 Å². The molecule has 1 saturated heterocycles. The second kappa shape index (κ2) is 1.46. The van der Waals surface area contributed by atoms with E-state index in [-0.39, 0.29) is 0 Å². The summed E-state index contributed by atoms with van der Waals surface area (Å²) in [6.45, 7) is 0.955. The van der Waals surface area contributed by atoms with Crippen molar-refractivity contribution in [2.75, 3.05) is 6.54 Å². The second-order valence-corrected chi connectivity index (χ2v) is 2.46. The Morgan fingerprint density at radius 1 is 1.50 bits per heavy atom. The van der Waals surface area contributed by atoms with Crippen molar-refractivity contribution in [3.63, 3.8) is 0 Å². The molecule has 2 nitrogen and oxygen atoms in total. The topological polar surface area (TPSA) is 16.4 Å². The highest BCUT2D eigenvalue weighted by molar-refractivity contribution is 5.10. The Balaban J connectivity index is 2.23. The van der Waals surface area contributed by atoms with Crippen LogP contribution in [0.5, 0.6) is 0 Å². The summed E-state index contributed by atoms with van der Waals surface area (Å²) in [5, 5.41) is 3.39. The maximum Gasteiger partial charge on any atom is 0.291 e. The van der Waals surface area contributed by atoms with Gasteiger partial charge >= 0.3 is 0 Å². The molecule has 0 saturated carbocycles. The van der Waals surface area contributed by atoms with Crippen molar-refractivity contribution in [3.8, 4) is 6.07 Å². The molecular formula is C6H9N2+. The minimum Gasteiger partial charge on any atom is -0.289 e. The largest absolute Gasteiger partial charge is 0.291 e. The maximum absolute atomic E-state index is 4.09. The van der Waals surface area contributed by atoms with E-state index in [1.807, 2.05) is 0 Å². The SMILES string of the molecule is C1#[N+]CC2CCC1N2. The Kier molecular flexibility index (Phi) is 0.793. The quantitative estimate of drug-likeness (QED) is 0.478. The molecule has 1 fully saturated rings. The number of hydrogen-bond donors (Lipinski definition) is 1. The summed E-state index contributed by atoms with van der Waals surface area (Å²) in [7, 11) is 0. The highest BCUT2D eigenvalue weighted by atomic mass is 15.0. The van der Waals surface area contributed by atoms with Crippen LogP contribution in [-0.4, -0.2) is 18.6 Å². The second-order valence-electron chi connectivity index (χ2n) is 2.46. The average molecular weight is 109 g/mol. The zero-order valence-electron chi connectivity index (χ0n) is 4.72. The molecule has 2 rings (SSSR count). The summed E-state index contributed by atoms with van der Waals surface area (Å²) in [5.41, 5.74) is 0. The fourth-order valence-electron chi connectivity index (χ4n) is 1.34. The van der Waals surface area contributed by atoms with Crippen molar-refractivity contribution in [2.24, 2.45) is 0 Å². The third kappa shape index (κ3) is 0.517. The van der Waals surface area contributed by atoms with Crippen molar-refractivity contribution in [1.82, 2.24) is 5.32 Å². The summed E-state index contributed by atoms with van der Waals surface area (Å²) >= 11 is 0. The molecule has 0 aromatic carbocycles. The van der Waals surface area contributed by atoms with Crippen LogP contribution < -0.4 is 5.32 Å². The minimum absolute atomic E-state index is 0.494. The Bertz CT molecular complexity index is 154. The molecule has 2 aliphatic rings. The van der Waals surface area contributed by atoms with E-state index in [9.17, 15) is 0 Å². The maximum atomic E-state index is 4.09. The first-order valence-corrected chi connectivity index (χ1v) is 3.13. The predicted octanol–water partition coefficient (Wildman–Crippen LogP) is 0.453. The van der Waals surface area contributed by atoms with Gasteiger partial charge in [-0.2, -0.15) is 0 Å². The Morgan fingerprint density at radius 2 is 2.50 bits per heavy atom. The van der Waals surface area contributed by atoms with Crippen LogP contribution in [0.25, 0.3) is 4.85 Å². The first-order valence-electron chi connectivity index (χ1n) is 3.13. The summed E-state index contributed by atoms with van der Waals surface area (Å²) in [5.74, 6) is 0. The molecule has 2 heteroatoms. The van der Waals surface area contributed by atoms with E-state index in [0.717, 1.165) is 6.54 Å². The molecule has 2 atom stereocenters. The first kappa shape index (κ1) is 4.34. The average Bonchev–Trinajstić information content (AvgIpc) is 2.12. The van der Waals surface area contributed by atoms with Crippen LogP contribution in [0.1, 0.15) is 12.8 Å². The van der Waals surface area contributed by atoms with E-state index in [2.05, 4.69) is 16.2 Å². The Labute approximate surface area is 48.7 Å². The van der Waals surface area contributed by atoms with E-state index in [4.69, 9.17) is 0 Å². The minimum atomic E-state index is 0.494. The third-order valence-electron chi connectivity index (χ3n) is 1.80. The fourth-order valence-corrected chi connectivity index (χ4v) is 1.34. The summed E-state index contributed by atoms with van der Waals surface area (Å²) < 4.78 is 0. The third-order valence-corrected chi connectivity index (χ3v) is 1.80. The molecule has 2 heterocycles. The molecule has 42 valence electrons. The van der Waals surface area contributed by atoms with E-state index in [1.54, 1.807) is 0 Å². The van der Waals surface area contributed by atoms with Gasteiger partial charge in [0, 0.05) is 0 Å². The zero-order chi connectivity index (χ0) is 5.40. The predicted molar refractivity (Wildman–Crippen MR) is 32.1 cm³/mol. The van der Waals surface area contributed by atoms with Crippen LogP contribution >= 0.6 is 0 Å². The normalized spacial score (nSPS) is 41.0. The molecule has 1 N–H and O–H groups in total. The highest BCUT2D eigenvalue weighted by Gasteiger charge is 2.31. The van der Waals surface area contributed by atoms with Crippen molar-refractivity contribution >= 4 is 0 Å². The van der Waals surface area contributed by atoms with Crippen molar-refractivity contribution in [2.45, 2.75) is 24.9 Å². The smallest absolute Gasteiger partial charge is 0.289 e. The van der Waals surface area contributed by atoms with Gasteiger partial charge in [0.15, 0.2) is 0 Å². The van der Waals surface area contributed by atoms with E-state index < -0.39 is 0 Å². The van der Waals surface area contributed by atoms with Gasteiger partial charge in [0.1, 0.15) is 6.04 Å². The molecule has 0 spiro atoms. The molecular weight excluding hydrogens is 100 g/mol. The van der Waals surface area contributed by atoms with Crippen molar-refractivity contribution in [1.29, 1.82) is 0 Å². The van der Waals surface area contributed by atoms with Crippen molar-refractivity contribution < 1.29 is 0 Å². The van der Waals surface area contributed by atoms with Gasteiger partial charge in [-0.15, -0.1) is 0 Å². The molecule has 0 aromatic heterocycles. The summed E-state index contributed by atoms with van der Waals surface area (Å²) in [6.07, 6.45) is 2.54. The molecule has 0 amide bonds. The lowest BCUT2D eigenvalue weighted by Crippen LogP contribution is -2.32. The number of hydrogen-bond acceptors (Lipinski definition) is 1. The summed E-state index contributed by atoms with van der Waals surface area (Å²) in [6, 6.07) is 4.20. The van der Waals surface area contributed by atoms with E-state index >= 15 is 0 Å². The van der Waals surface area contributed by atoms with Crippen molar-refractivity contribution in [3.05, 3.63) is 4.85 Å². The van der Waals surface area contributed by atoms with Gasteiger partial charge in [0.05, 0.1) is 6.04 Å². The van der Waals surface area contributed by atoms with Crippen LogP contribution in [-0.2, 0) is 0 Å². The number of rotatable bonds is 0. The number of fused-ring (bicyclic) bond motifs is 2. The lowest BCUT2D eigenvalue weighted by atomic mass is 10.2. The monoisotopic (exact) mass is 109 g/mol. The molecule has 0 aromatic rings. The molecule has 2 bridgehead atoms. The fraction of sp³-hybridized carbons (Fsp3) is 0.833. The zero-order valence-corrected chi connectivity index (χ0v) is 4.72. The van der Waals surface area contributed by atoms with Gasteiger partial charge in [0.2, 0.25) is 0 Å². The lowest BCUT2D eigenvalue weighted by Gasteiger charge is -2.01. The molecule has 2 unspecified atom stereocenters. The molecule has 2 aliphatic heterocycles. The van der Waals surface area contributed by atoms with Gasteiger partial charge in [-0.05, 0) is 12.8 Å². The first-order chi connectivity index (χ1) is 3.95. The van der Waals surface area contributed by atoms with Crippen LogP contribution in [0.3, 0.4) is 0 Å². The Hall–Kier alpha value is -0.550. The van der Waals surface area contributed by atoms with Gasteiger partial charge in [-0.25, -0.2) is 0 Å². The van der Waals surface area contributed by atoms with Gasteiger partial charge in [-0.1, -0.05) is 4.85 Å². The lowest BCUT2D eigenvalue weighted by molar-refractivity contribution is 0.607. The molecule has 0 aliphatic carbocycles. The molecule has 8 heavy (non-hydrogen) atoms. The number of nitrogens with zero attached hydrogens (tertiary/aromatic N) is 1. The van der Waals surface area contributed by atoms with Crippen LogP contribution in [0.2, 0.25) is 0 Å². The van der Waals surface area contributed by atoms with E-state index in [0.29, 0.717) is 12.1 Å². The van der Waals surface area contributed by atoms with Gasteiger partial charge < -0.3 is 0 Å². The van der Waals surface area contributed by atoms with Crippen LogP contribution in [0, 0.1) is 6.07 Å². The van der Waals surface area contributed by atoms with Crippen LogP contribution in [0.4, 0.5) is 0 Å². The van der Waals surface area contributed by atoms with E-state index in [1.165, 1.54) is 12.8 Å². The van der Waals surface area contributed by atoms with Gasteiger partial charge in [-0.3, -0.25) is 5.32 Å². The number of nitrogens with one attached hydrogen (secondary N) is 1. The standard InChI is InChI=1S/C6H9N2/c1-2-6-4-7-3-5(1)8-6/h5-6,8H,1-3H2/q+1.